The second-order valence-electron chi connectivity index (χ2n) is 6.33. The Balaban J connectivity index is 1.81. The zero-order valence-corrected chi connectivity index (χ0v) is 17.1. The molecule has 4 nitrogen and oxygen atoms in total. The third-order valence-electron chi connectivity index (χ3n) is 4.48. The predicted molar refractivity (Wildman–Crippen MR) is 116 cm³/mol. The van der Waals surface area contributed by atoms with Crippen LogP contribution in [0.25, 0.3) is 6.08 Å². The van der Waals surface area contributed by atoms with Gasteiger partial charge >= 0.3 is 0 Å². The SMILES string of the molecule is COc1ccc(/C=C2/N=C(c3ccccc3Br)N(c3ccc(F)cc3)C2=O)cc1. The van der Waals surface area contributed by atoms with E-state index in [2.05, 4.69) is 20.9 Å². The van der Waals surface area contributed by atoms with Crippen molar-refractivity contribution < 1.29 is 13.9 Å². The monoisotopic (exact) mass is 450 g/mol. The zero-order valence-electron chi connectivity index (χ0n) is 15.5. The molecule has 0 N–H and O–H groups in total. The molecule has 0 saturated carbocycles. The Hall–Kier alpha value is -3.25. The van der Waals surface area contributed by atoms with Crippen LogP contribution in [0.2, 0.25) is 0 Å². The van der Waals surface area contributed by atoms with E-state index in [1.165, 1.54) is 17.0 Å². The number of carbonyl (C=O) groups is 1. The van der Waals surface area contributed by atoms with Crippen LogP contribution in [0.3, 0.4) is 0 Å². The highest BCUT2D eigenvalue weighted by molar-refractivity contribution is 9.10. The van der Waals surface area contributed by atoms with E-state index >= 15 is 0 Å². The fraction of sp³-hybridized carbons (Fsp3) is 0.0435. The molecule has 4 rings (SSSR count). The van der Waals surface area contributed by atoms with Crippen molar-refractivity contribution in [2.75, 3.05) is 12.0 Å². The number of anilines is 1. The van der Waals surface area contributed by atoms with E-state index in [-0.39, 0.29) is 11.7 Å². The van der Waals surface area contributed by atoms with Crippen LogP contribution in [0.1, 0.15) is 11.1 Å². The van der Waals surface area contributed by atoms with Gasteiger partial charge in [-0.15, -0.1) is 0 Å². The highest BCUT2D eigenvalue weighted by atomic mass is 79.9. The lowest BCUT2D eigenvalue weighted by Gasteiger charge is -2.19. The Morgan fingerprint density at radius 3 is 2.34 bits per heavy atom. The minimum atomic E-state index is -0.367. The Bertz CT molecular complexity index is 1120. The topological polar surface area (TPSA) is 41.9 Å². The standard InChI is InChI=1S/C23H16BrFN2O2/c1-29-18-12-6-15(7-13-18)14-21-23(28)27(17-10-8-16(25)9-11-17)22(26-21)19-4-2-3-5-20(19)24/h2-14H,1H3/b21-14+. The van der Waals surface area contributed by atoms with Gasteiger partial charge in [0.05, 0.1) is 12.8 Å². The van der Waals surface area contributed by atoms with E-state index in [9.17, 15) is 9.18 Å². The number of nitrogens with zero attached hydrogens (tertiary/aromatic N) is 2. The first kappa shape index (κ1) is 19.1. The Kier molecular flexibility index (Phi) is 5.27. The van der Waals surface area contributed by atoms with Gasteiger partial charge in [0.1, 0.15) is 23.1 Å². The van der Waals surface area contributed by atoms with E-state index < -0.39 is 0 Å². The average Bonchev–Trinajstić information content (AvgIpc) is 3.05. The second kappa shape index (κ2) is 8.01. The molecule has 0 fully saturated rings. The van der Waals surface area contributed by atoms with E-state index in [0.717, 1.165) is 21.3 Å². The Labute approximate surface area is 176 Å². The lowest BCUT2D eigenvalue weighted by Crippen LogP contribution is -2.32. The molecule has 1 heterocycles. The molecule has 3 aromatic rings. The largest absolute Gasteiger partial charge is 0.497 e. The first-order valence-electron chi connectivity index (χ1n) is 8.86. The first-order chi connectivity index (χ1) is 14.1. The normalized spacial score (nSPS) is 15.0. The molecule has 3 aromatic carbocycles. The summed E-state index contributed by atoms with van der Waals surface area (Å²) in [5.41, 5.74) is 2.43. The second-order valence-corrected chi connectivity index (χ2v) is 7.19. The number of halogens is 2. The summed E-state index contributed by atoms with van der Waals surface area (Å²) in [6.45, 7) is 0. The van der Waals surface area contributed by atoms with Gasteiger partial charge in [-0.05, 0) is 54.1 Å². The van der Waals surface area contributed by atoms with Crippen LogP contribution in [0.5, 0.6) is 5.75 Å². The molecule has 0 aromatic heterocycles. The van der Waals surface area contributed by atoms with Crippen molar-refractivity contribution in [3.8, 4) is 5.75 Å². The van der Waals surface area contributed by atoms with Crippen molar-refractivity contribution in [3.63, 3.8) is 0 Å². The fourth-order valence-electron chi connectivity index (χ4n) is 3.03. The molecule has 29 heavy (non-hydrogen) atoms. The van der Waals surface area contributed by atoms with Crippen LogP contribution in [0, 0.1) is 5.82 Å². The van der Waals surface area contributed by atoms with E-state index in [4.69, 9.17) is 4.74 Å². The lowest BCUT2D eigenvalue weighted by atomic mass is 10.1. The van der Waals surface area contributed by atoms with Crippen LogP contribution >= 0.6 is 15.9 Å². The summed E-state index contributed by atoms with van der Waals surface area (Å²) in [5, 5.41) is 0. The fourth-order valence-corrected chi connectivity index (χ4v) is 3.49. The summed E-state index contributed by atoms with van der Waals surface area (Å²) in [6, 6.07) is 20.7. The van der Waals surface area contributed by atoms with Gasteiger partial charge in [0.2, 0.25) is 0 Å². The molecule has 1 aliphatic rings. The average molecular weight is 451 g/mol. The number of benzene rings is 3. The quantitative estimate of drug-likeness (QED) is 0.497. The summed E-state index contributed by atoms with van der Waals surface area (Å²) >= 11 is 3.53. The molecule has 0 spiro atoms. The van der Waals surface area contributed by atoms with Crippen molar-refractivity contribution in [1.29, 1.82) is 0 Å². The molecule has 0 bridgehead atoms. The third kappa shape index (κ3) is 3.84. The maximum Gasteiger partial charge on any atom is 0.282 e. The Morgan fingerprint density at radius 1 is 1.00 bits per heavy atom. The number of amidine groups is 1. The first-order valence-corrected chi connectivity index (χ1v) is 9.65. The molecule has 1 aliphatic heterocycles. The number of ether oxygens (including phenoxy) is 1. The van der Waals surface area contributed by atoms with Crippen molar-refractivity contribution in [3.05, 3.63) is 99.9 Å². The van der Waals surface area contributed by atoms with Gasteiger partial charge in [0.25, 0.3) is 5.91 Å². The molecule has 1 amide bonds. The van der Waals surface area contributed by atoms with Gasteiger partial charge in [-0.2, -0.15) is 0 Å². The van der Waals surface area contributed by atoms with Gasteiger partial charge < -0.3 is 4.74 Å². The molecular weight excluding hydrogens is 435 g/mol. The van der Waals surface area contributed by atoms with Gasteiger partial charge in [-0.3, -0.25) is 9.69 Å². The molecular formula is C23H16BrFN2O2. The summed E-state index contributed by atoms with van der Waals surface area (Å²) < 4.78 is 19.4. The number of aliphatic imine (C=N–C) groups is 1. The molecule has 0 radical (unpaired) electrons. The molecule has 0 saturated heterocycles. The smallest absolute Gasteiger partial charge is 0.282 e. The van der Waals surface area contributed by atoms with Crippen LogP contribution < -0.4 is 9.64 Å². The highest BCUT2D eigenvalue weighted by Crippen LogP contribution is 2.30. The number of amides is 1. The summed E-state index contributed by atoms with van der Waals surface area (Å²) in [7, 11) is 1.60. The van der Waals surface area contributed by atoms with Crippen molar-refractivity contribution in [1.82, 2.24) is 0 Å². The van der Waals surface area contributed by atoms with Crippen LogP contribution in [-0.2, 0) is 4.79 Å². The Morgan fingerprint density at radius 2 is 1.69 bits per heavy atom. The molecule has 0 unspecified atom stereocenters. The zero-order chi connectivity index (χ0) is 20.4. The van der Waals surface area contributed by atoms with Crippen molar-refractivity contribution in [2.24, 2.45) is 4.99 Å². The summed E-state index contributed by atoms with van der Waals surface area (Å²) in [4.78, 5) is 19.3. The molecule has 0 aliphatic carbocycles. The maximum atomic E-state index is 13.4. The van der Waals surface area contributed by atoms with Crippen molar-refractivity contribution in [2.45, 2.75) is 0 Å². The van der Waals surface area contributed by atoms with Crippen LogP contribution in [-0.4, -0.2) is 18.9 Å². The molecule has 6 heteroatoms. The minimum Gasteiger partial charge on any atom is -0.497 e. The third-order valence-corrected chi connectivity index (χ3v) is 5.17. The van der Waals surface area contributed by atoms with Gasteiger partial charge in [0, 0.05) is 10.0 Å². The number of rotatable bonds is 4. The summed E-state index contributed by atoms with van der Waals surface area (Å²) in [6.07, 6.45) is 1.72. The van der Waals surface area contributed by atoms with Crippen LogP contribution in [0.15, 0.2) is 88.0 Å². The molecule has 0 atom stereocenters. The van der Waals surface area contributed by atoms with Gasteiger partial charge in [-0.25, -0.2) is 9.38 Å². The van der Waals surface area contributed by atoms with E-state index in [0.29, 0.717) is 17.2 Å². The maximum absolute atomic E-state index is 13.4. The van der Waals surface area contributed by atoms with Gasteiger partial charge in [0.15, 0.2) is 0 Å². The number of methoxy groups -OCH3 is 1. The van der Waals surface area contributed by atoms with Crippen LogP contribution in [0.4, 0.5) is 10.1 Å². The molecule has 144 valence electrons. The summed E-state index contributed by atoms with van der Waals surface area (Å²) in [5.74, 6) is 0.566. The van der Waals surface area contributed by atoms with E-state index in [1.807, 2.05) is 48.5 Å². The minimum absolute atomic E-state index is 0.279. The predicted octanol–water partition coefficient (Wildman–Crippen LogP) is 5.43. The lowest BCUT2D eigenvalue weighted by molar-refractivity contribution is -0.113. The van der Waals surface area contributed by atoms with Gasteiger partial charge in [-0.1, -0.05) is 46.3 Å². The van der Waals surface area contributed by atoms with E-state index in [1.54, 1.807) is 25.3 Å². The van der Waals surface area contributed by atoms with Crippen molar-refractivity contribution >= 4 is 39.4 Å². The number of hydrogen-bond donors (Lipinski definition) is 0. The highest BCUT2D eigenvalue weighted by Gasteiger charge is 2.33. The number of carbonyl (C=O) groups excluding carboxylic acids is 1. The number of hydrogen-bond acceptors (Lipinski definition) is 3.